The van der Waals surface area contributed by atoms with E-state index in [-0.39, 0.29) is 18.2 Å². The zero-order valence-electron chi connectivity index (χ0n) is 18.3. The van der Waals surface area contributed by atoms with Crippen LogP contribution in [0.3, 0.4) is 0 Å². The van der Waals surface area contributed by atoms with Gasteiger partial charge in [-0.25, -0.2) is 0 Å². The smallest absolute Gasteiger partial charge is 0.255 e. The van der Waals surface area contributed by atoms with E-state index in [1.807, 2.05) is 49.9 Å². The Morgan fingerprint density at radius 3 is 2.35 bits per heavy atom. The molecule has 0 unspecified atom stereocenters. The Labute approximate surface area is 192 Å². The van der Waals surface area contributed by atoms with Crippen molar-refractivity contribution in [3.8, 4) is 11.5 Å². The second-order valence-electron chi connectivity index (χ2n) is 7.48. The Hall–Kier alpha value is -2.54. The molecule has 1 aliphatic rings. The molecule has 1 N–H and O–H groups in total. The minimum absolute atomic E-state index is 0.0302. The number of hydrogen-bond acceptors (Lipinski definition) is 4. The largest absolute Gasteiger partial charge is 0.490 e. The molecule has 2 amide bonds. The summed E-state index contributed by atoms with van der Waals surface area (Å²) >= 11 is 3.54. The lowest BCUT2D eigenvalue weighted by Gasteiger charge is -2.19. The van der Waals surface area contributed by atoms with Crippen LogP contribution in [-0.2, 0) is 11.2 Å². The first-order valence-electron chi connectivity index (χ1n) is 10.7. The molecule has 166 valence electrons. The Balaban J connectivity index is 1.81. The fraction of sp³-hybridized carbons (Fsp3) is 0.417. The topological polar surface area (TPSA) is 67.9 Å². The van der Waals surface area contributed by atoms with E-state index in [2.05, 4.69) is 21.2 Å². The van der Waals surface area contributed by atoms with Gasteiger partial charge >= 0.3 is 0 Å². The molecule has 1 heterocycles. The van der Waals surface area contributed by atoms with E-state index >= 15 is 0 Å². The van der Waals surface area contributed by atoms with Crippen molar-refractivity contribution < 1.29 is 19.1 Å². The summed E-state index contributed by atoms with van der Waals surface area (Å²) in [4.78, 5) is 27.7. The Kier molecular flexibility index (Phi) is 7.96. The number of likely N-dealkylation sites (tertiary alicyclic amines) is 1. The van der Waals surface area contributed by atoms with Gasteiger partial charge in [-0.05, 0) is 62.9 Å². The molecule has 0 aliphatic carbocycles. The van der Waals surface area contributed by atoms with E-state index in [4.69, 9.17) is 9.47 Å². The molecule has 0 atom stereocenters. The molecule has 2 aromatic rings. The fourth-order valence-corrected chi connectivity index (χ4v) is 4.17. The van der Waals surface area contributed by atoms with E-state index in [1.54, 1.807) is 6.07 Å². The highest BCUT2D eigenvalue weighted by Crippen LogP contribution is 2.34. The van der Waals surface area contributed by atoms with Crippen molar-refractivity contribution in [2.45, 2.75) is 40.0 Å². The number of amides is 2. The number of nitrogens with one attached hydrogen (secondary N) is 1. The van der Waals surface area contributed by atoms with E-state index in [0.29, 0.717) is 36.0 Å². The van der Waals surface area contributed by atoms with Crippen LogP contribution in [0.4, 0.5) is 5.69 Å². The second kappa shape index (κ2) is 10.7. The molecule has 0 aromatic heterocycles. The predicted molar refractivity (Wildman–Crippen MR) is 125 cm³/mol. The maximum atomic E-state index is 13.0. The van der Waals surface area contributed by atoms with Crippen LogP contribution in [0.2, 0.25) is 0 Å². The van der Waals surface area contributed by atoms with Crippen molar-refractivity contribution in [2.75, 3.05) is 31.6 Å². The first-order chi connectivity index (χ1) is 14.9. The number of para-hydroxylation sites is 1. The number of carbonyl (C=O) groups excluding carboxylic acids is 2. The highest BCUT2D eigenvalue weighted by molar-refractivity contribution is 9.10. The van der Waals surface area contributed by atoms with E-state index in [9.17, 15) is 9.59 Å². The maximum Gasteiger partial charge on any atom is 0.255 e. The molecule has 3 rings (SSSR count). The van der Waals surface area contributed by atoms with Crippen LogP contribution in [-0.4, -0.2) is 43.0 Å². The lowest BCUT2D eigenvalue weighted by molar-refractivity contribution is -0.115. The minimum atomic E-state index is -0.197. The second-order valence-corrected chi connectivity index (χ2v) is 8.33. The molecule has 2 aromatic carbocycles. The van der Waals surface area contributed by atoms with Crippen molar-refractivity contribution in [1.82, 2.24) is 4.90 Å². The molecule has 1 aliphatic heterocycles. The summed E-state index contributed by atoms with van der Waals surface area (Å²) in [5, 5.41) is 2.97. The van der Waals surface area contributed by atoms with Crippen LogP contribution in [0, 0.1) is 6.92 Å². The number of nitrogens with zero attached hydrogens (tertiary/aromatic N) is 1. The zero-order valence-corrected chi connectivity index (χ0v) is 19.9. The van der Waals surface area contributed by atoms with Gasteiger partial charge in [0.2, 0.25) is 5.91 Å². The molecular weight excluding hydrogens is 460 g/mol. The van der Waals surface area contributed by atoms with Crippen LogP contribution >= 0.6 is 15.9 Å². The van der Waals surface area contributed by atoms with Gasteiger partial charge in [0, 0.05) is 17.6 Å². The molecular formula is C24H29BrN2O4. The number of ether oxygens (including phenoxy) is 2. The van der Waals surface area contributed by atoms with Gasteiger partial charge in [-0.2, -0.15) is 0 Å². The van der Waals surface area contributed by atoms with Crippen LogP contribution in [0.1, 0.15) is 48.2 Å². The first-order valence-corrected chi connectivity index (χ1v) is 11.5. The highest BCUT2D eigenvalue weighted by atomic mass is 79.9. The predicted octanol–water partition coefficient (Wildman–Crippen LogP) is 4.97. The molecule has 0 spiro atoms. The average molecular weight is 489 g/mol. The minimum Gasteiger partial charge on any atom is -0.490 e. The molecule has 0 bridgehead atoms. The molecule has 0 saturated carbocycles. The fourth-order valence-electron chi connectivity index (χ4n) is 3.71. The summed E-state index contributed by atoms with van der Waals surface area (Å²) in [6, 6.07) is 9.19. The normalized spacial score (nSPS) is 13.2. The van der Waals surface area contributed by atoms with Crippen molar-refractivity contribution in [2.24, 2.45) is 0 Å². The van der Waals surface area contributed by atoms with Gasteiger partial charge in [0.25, 0.3) is 5.91 Å². The Bertz CT molecular complexity index is 955. The van der Waals surface area contributed by atoms with Gasteiger partial charge in [0.15, 0.2) is 11.5 Å². The first kappa shape index (κ1) is 23.1. The number of aryl methyl sites for hydroxylation is 1. The third-order valence-electron chi connectivity index (χ3n) is 5.22. The van der Waals surface area contributed by atoms with E-state index in [0.717, 1.165) is 41.5 Å². The van der Waals surface area contributed by atoms with Gasteiger partial charge in [-0.15, -0.1) is 0 Å². The summed E-state index contributed by atoms with van der Waals surface area (Å²) in [6.45, 7) is 8.26. The van der Waals surface area contributed by atoms with Gasteiger partial charge in [-0.3, -0.25) is 9.59 Å². The number of hydrogen-bond donors (Lipinski definition) is 1. The summed E-state index contributed by atoms with van der Waals surface area (Å²) in [5.41, 5.74) is 2.76. The Morgan fingerprint density at radius 1 is 1.06 bits per heavy atom. The highest BCUT2D eigenvalue weighted by Gasteiger charge is 2.23. The van der Waals surface area contributed by atoms with Crippen LogP contribution in [0.5, 0.6) is 11.5 Å². The van der Waals surface area contributed by atoms with Crippen LogP contribution in [0.15, 0.2) is 34.8 Å². The maximum absolute atomic E-state index is 13.0. The van der Waals surface area contributed by atoms with Crippen molar-refractivity contribution in [3.63, 3.8) is 0 Å². The molecule has 7 heteroatoms. The standard InChI is InChI=1S/C24H29BrN2O4/c1-4-30-20-13-17(19(25)15-21(20)31-5-2)14-22(28)26-23-16(3)9-8-10-18(23)24(29)27-11-6-7-12-27/h8-10,13,15H,4-7,11-12,14H2,1-3H3,(H,26,28). The summed E-state index contributed by atoms with van der Waals surface area (Å²) in [6.07, 6.45) is 2.18. The SMILES string of the molecule is CCOc1cc(Br)c(CC(=O)Nc2c(C)cccc2C(=O)N2CCCC2)cc1OCC. The summed E-state index contributed by atoms with van der Waals surface area (Å²) in [7, 11) is 0. The third kappa shape index (κ3) is 5.58. The van der Waals surface area contributed by atoms with Crippen molar-refractivity contribution in [3.05, 3.63) is 51.5 Å². The number of benzene rings is 2. The van der Waals surface area contributed by atoms with E-state index < -0.39 is 0 Å². The quantitative estimate of drug-likeness (QED) is 0.569. The number of carbonyl (C=O) groups is 2. The molecule has 1 fully saturated rings. The van der Waals surface area contributed by atoms with Crippen LogP contribution < -0.4 is 14.8 Å². The summed E-state index contributed by atoms with van der Waals surface area (Å²) < 4.78 is 12.1. The number of rotatable bonds is 8. The molecule has 0 radical (unpaired) electrons. The number of halogens is 1. The van der Waals surface area contributed by atoms with Crippen molar-refractivity contribution in [1.29, 1.82) is 0 Å². The summed E-state index contributed by atoms with van der Waals surface area (Å²) in [5.74, 6) is 1.02. The lowest BCUT2D eigenvalue weighted by atomic mass is 10.1. The third-order valence-corrected chi connectivity index (χ3v) is 5.96. The number of anilines is 1. The zero-order chi connectivity index (χ0) is 22.4. The average Bonchev–Trinajstić information content (AvgIpc) is 3.27. The van der Waals surface area contributed by atoms with Gasteiger partial charge in [-0.1, -0.05) is 28.1 Å². The molecule has 1 saturated heterocycles. The molecule has 31 heavy (non-hydrogen) atoms. The molecule has 6 nitrogen and oxygen atoms in total. The van der Waals surface area contributed by atoms with Crippen LogP contribution in [0.25, 0.3) is 0 Å². The van der Waals surface area contributed by atoms with Gasteiger partial charge in [0.05, 0.1) is 30.9 Å². The Morgan fingerprint density at radius 2 is 1.71 bits per heavy atom. The van der Waals surface area contributed by atoms with E-state index in [1.165, 1.54) is 0 Å². The van der Waals surface area contributed by atoms with Crippen molar-refractivity contribution >= 4 is 33.4 Å². The van der Waals surface area contributed by atoms with Gasteiger partial charge < -0.3 is 19.7 Å². The van der Waals surface area contributed by atoms with Gasteiger partial charge in [0.1, 0.15) is 0 Å². The lowest BCUT2D eigenvalue weighted by Crippen LogP contribution is -2.29. The monoisotopic (exact) mass is 488 g/mol.